The molecule has 0 saturated carbocycles. The molecule has 3 heteroatoms. The van der Waals surface area contributed by atoms with Gasteiger partial charge in [0.2, 0.25) is 0 Å². The van der Waals surface area contributed by atoms with Gasteiger partial charge in [-0.05, 0) is 6.42 Å². The highest BCUT2D eigenvalue weighted by atomic mass is 16.5. The normalized spacial score (nSPS) is 12.3. The molecule has 0 bridgehead atoms. The zero-order valence-electron chi connectivity index (χ0n) is 14.9. The molecule has 0 aliphatic rings. The molecule has 132 valence electrons. The molecule has 0 aliphatic heterocycles. The van der Waals surface area contributed by atoms with Crippen LogP contribution in [-0.2, 0) is 9.53 Å². The lowest BCUT2D eigenvalue weighted by Crippen LogP contribution is -2.14. The topological polar surface area (TPSA) is 46.5 Å². The molecule has 22 heavy (non-hydrogen) atoms. The minimum Gasteiger partial charge on any atom is -0.469 e. The highest BCUT2D eigenvalue weighted by molar-refractivity contribution is 5.69. The van der Waals surface area contributed by atoms with Gasteiger partial charge in [-0.2, -0.15) is 0 Å². The molecule has 0 saturated heterocycles. The van der Waals surface area contributed by atoms with Crippen molar-refractivity contribution in [2.24, 2.45) is 0 Å². The second-order valence-electron chi connectivity index (χ2n) is 6.47. The highest BCUT2D eigenvalue weighted by Crippen LogP contribution is 2.13. The molecule has 0 amide bonds. The summed E-state index contributed by atoms with van der Waals surface area (Å²) >= 11 is 0. The summed E-state index contributed by atoms with van der Waals surface area (Å²) in [6.45, 7) is 2.26. The fourth-order valence-electron chi connectivity index (χ4n) is 2.78. The van der Waals surface area contributed by atoms with Crippen LogP contribution in [-0.4, -0.2) is 24.3 Å². The lowest BCUT2D eigenvalue weighted by molar-refractivity contribution is -0.142. The standard InChI is InChI=1S/C19H38O3/c1-3-4-5-6-7-8-9-10-11-12-13-14-15-16-18(20)17-19(21)22-2/h18,20H,3-17H2,1-2H3/t18-/m0/s1. The number of hydrogen-bond donors (Lipinski definition) is 1. The Morgan fingerprint density at radius 3 is 1.64 bits per heavy atom. The minimum absolute atomic E-state index is 0.134. The van der Waals surface area contributed by atoms with Crippen LogP contribution >= 0.6 is 0 Å². The molecule has 0 unspecified atom stereocenters. The molecule has 3 nitrogen and oxygen atoms in total. The van der Waals surface area contributed by atoms with E-state index in [0.717, 1.165) is 12.8 Å². The van der Waals surface area contributed by atoms with Crippen LogP contribution in [0.4, 0.5) is 0 Å². The molecule has 0 rings (SSSR count). The summed E-state index contributed by atoms with van der Waals surface area (Å²) < 4.78 is 4.54. The SMILES string of the molecule is CCCCCCCCCCCCCCC[C@H](O)CC(=O)OC. The van der Waals surface area contributed by atoms with Crippen molar-refractivity contribution in [1.82, 2.24) is 0 Å². The van der Waals surface area contributed by atoms with E-state index in [1.807, 2.05) is 0 Å². The summed E-state index contributed by atoms with van der Waals surface area (Å²) in [5.74, 6) is -0.317. The molecule has 0 aromatic rings. The Morgan fingerprint density at radius 1 is 0.818 bits per heavy atom. The first-order chi connectivity index (χ1) is 10.7. The highest BCUT2D eigenvalue weighted by Gasteiger charge is 2.09. The third kappa shape index (κ3) is 15.8. The smallest absolute Gasteiger partial charge is 0.308 e. The van der Waals surface area contributed by atoms with E-state index in [0.29, 0.717) is 6.42 Å². The maximum atomic E-state index is 11.0. The molecule has 1 atom stereocenters. The van der Waals surface area contributed by atoms with Crippen LogP contribution in [0, 0.1) is 0 Å². The van der Waals surface area contributed by atoms with Crippen molar-refractivity contribution in [2.45, 2.75) is 109 Å². The number of methoxy groups -OCH3 is 1. The number of esters is 1. The zero-order chi connectivity index (χ0) is 16.5. The van der Waals surface area contributed by atoms with Gasteiger partial charge in [-0.3, -0.25) is 4.79 Å². The Hall–Kier alpha value is -0.570. The van der Waals surface area contributed by atoms with E-state index < -0.39 is 6.10 Å². The fraction of sp³-hybridized carbons (Fsp3) is 0.947. The summed E-state index contributed by atoms with van der Waals surface area (Å²) in [5.41, 5.74) is 0. The molecule has 0 aromatic heterocycles. The zero-order valence-corrected chi connectivity index (χ0v) is 14.9. The number of carbonyl (C=O) groups is 1. The number of aliphatic hydroxyl groups is 1. The monoisotopic (exact) mass is 314 g/mol. The van der Waals surface area contributed by atoms with Crippen LogP contribution in [0.25, 0.3) is 0 Å². The molecule has 0 aliphatic carbocycles. The lowest BCUT2D eigenvalue weighted by atomic mass is 10.0. The molecular formula is C19H38O3. The van der Waals surface area contributed by atoms with E-state index in [-0.39, 0.29) is 12.4 Å². The number of rotatable bonds is 16. The average molecular weight is 315 g/mol. The third-order valence-corrected chi connectivity index (χ3v) is 4.27. The van der Waals surface area contributed by atoms with Gasteiger partial charge in [-0.15, -0.1) is 0 Å². The van der Waals surface area contributed by atoms with Crippen LogP contribution in [0.5, 0.6) is 0 Å². The molecule has 0 fully saturated rings. The first-order valence-electron chi connectivity index (χ1n) is 9.45. The van der Waals surface area contributed by atoms with Crippen molar-refractivity contribution in [3.8, 4) is 0 Å². The van der Waals surface area contributed by atoms with Crippen molar-refractivity contribution in [3.05, 3.63) is 0 Å². The van der Waals surface area contributed by atoms with Crippen LogP contribution in [0.1, 0.15) is 103 Å². The number of hydrogen-bond acceptors (Lipinski definition) is 3. The van der Waals surface area contributed by atoms with Crippen molar-refractivity contribution in [3.63, 3.8) is 0 Å². The Morgan fingerprint density at radius 2 is 1.23 bits per heavy atom. The predicted octanol–water partition coefficient (Wildman–Crippen LogP) is 5.39. The van der Waals surface area contributed by atoms with E-state index in [2.05, 4.69) is 11.7 Å². The first-order valence-corrected chi connectivity index (χ1v) is 9.45. The third-order valence-electron chi connectivity index (χ3n) is 4.27. The molecule has 0 heterocycles. The number of ether oxygens (including phenoxy) is 1. The summed E-state index contributed by atoms with van der Waals surface area (Å²) in [7, 11) is 1.36. The van der Waals surface area contributed by atoms with E-state index in [1.54, 1.807) is 0 Å². The minimum atomic E-state index is -0.528. The van der Waals surface area contributed by atoms with Crippen molar-refractivity contribution in [1.29, 1.82) is 0 Å². The van der Waals surface area contributed by atoms with E-state index in [4.69, 9.17) is 0 Å². The molecule has 0 radical (unpaired) electrons. The predicted molar refractivity (Wildman–Crippen MR) is 93.0 cm³/mol. The first kappa shape index (κ1) is 21.4. The lowest BCUT2D eigenvalue weighted by Gasteiger charge is -2.08. The van der Waals surface area contributed by atoms with E-state index >= 15 is 0 Å². The van der Waals surface area contributed by atoms with Crippen LogP contribution in [0.15, 0.2) is 0 Å². The van der Waals surface area contributed by atoms with Gasteiger partial charge in [0.05, 0.1) is 19.6 Å². The van der Waals surface area contributed by atoms with Gasteiger partial charge in [0.25, 0.3) is 0 Å². The summed E-state index contributed by atoms with van der Waals surface area (Å²) in [4.78, 5) is 11.0. The van der Waals surface area contributed by atoms with Crippen LogP contribution < -0.4 is 0 Å². The van der Waals surface area contributed by atoms with Gasteiger partial charge in [-0.1, -0.05) is 90.4 Å². The Bertz CT molecular complexity index is 241. The van der Waals surface area contributed by atoms with E-state index in [1.165, 1.54) is 77.7 Å². The fourth-order valence-corrected chi connectivity index (χ4v) is 2.78. The average Bonchev–Trinajstić information content (AvgIpc) is 2.51. The second kappa shape index (κ2) is 16.8. The molecule has 0 aromatic carbocycles. The second-order valence-corrected chi connectivity index (χ2v) is 6.47. The maximum absolute atomic E-state index is 11.0. The Kier molecular flexibility index (Phi) is 16.4. The van der Waals surface area contributed by atoms with Crippen molar-refractivity contribution < 1.29 is 14.6 Å². The van der Waals surface area contributed by atoms with Gasteiger partial charge < -0.3 is 9.84 Å². The van der Waals surface area contributed by atoms with Crippen LogP contribution in [0.2, 0.25) is 0 Å². The van der Waals surface area contributed by atoms with E-state index in [9.17, 15) is 9.90 Å². The summed E-state index contributed by atoms with van der Waals surface area (Å²) in [6.07, 6.45) is 17.6. The quantitative estimate of drug-likeness (QED) is 0.307. The Labute approximate surface area is 137 Å². The maximum Gasteiger partial charge on any atom is 0.308 e. The molecular weight excluding hydrogens is 276 g/mol. The van der Waals surface area contributed by atoms with Gasteiger partial charge in [0.15, 0.2) is 0 Å². The number of unbranched alkanes of at least 4 members (excludes halogenated alkanes) is 12. The summed E-state index contributed by atoms with van der Waals surface area (Å²) in [6, 6.07) is 0. The van der Waals surface area contributed by atoms with Gasteiger partial charge >= 0.3 is 5.97 Å². The number of aliphatic hydroxyl groups excluding tert-OH is 1. The van der Waals surface area contributed by atoms with Crippen molar-refractivity contribution in [2.75, 3.05) is 7.11 Å². The van der Waals surface area contributed by atoms with Crippen LogP contribution in [0.3, 0.4) is 0 Å². The van der Waals surface area contributed by atoms with Gasteiger partial charge in [0, 0.05) is 0 Å². The molecule has 0 spiro atoms. The Balaban J connectivity index is 3.12. The van der Waals surface area contributed by atoms with Crippen molar-refractivity contribution >= 4 is 5.97 Å². The van der Waals surface area contributed by atoms with Gasteiger partial charge in [0.1, 0.15) is 0 Å². The summed E-state index contributed by atoms with van der Waals surface area (Å²) in [5, 5.41) is 9.63. The number of carbonyl (C=O) groups excluding carboxylic acids is 1. The largest absolute Gasteiger partial charge is 0.469 e. The van der Waals surface area contributed by atoms with Gasteiger partial charge in [-0.25, -0.2) is 0 Å². The molecule has 1 N–H and O–H groups in total.